The molecule has 1 aliphatic carbocycles. The fourth-order valence-electron chi connectivity index (χ4n) is 4.86. The van der Waals surface area contributed by atoms with E-state index in [-0.39, 0.29) is 16.9 Å². The Balaban J connectivity index is 1.33. The molecule has 3 aromatic rings. The van der Waals surface area contributed by atoms with Gasteiger partial charge in [0.15, 0.2) is 0 Å². The zero-order valence-electron chi connectivity index (χ0n) is 20.4. The van der Waals surface area contributed by atoms with E-state index in [2.05, 4.69) is 50.0 Å². The van der Waals surface area contributed by atoms with Crippen LogP contribution in [0.1, 0.15) is 74.8 Å². The van der Waals surface area contributed by atoms with Crippen LogP contribution >= 0.6 is 11.3 Å². The smallest absolute Gasteiger partial charge is 0.307 e. The van der Waals surface area contributed by atoms with E-state index < -0.39 is 0 Å². The Bertz CT molecular complexity index is 1110. The Morgan fingerprint density at radius 3 is 2.74 bits per heavy atom. The summed E-state index contributed by atoms with van der Waals surface area (Å²) in [4.78, 5) is 19.2. The van der Waals surface area contributed by atoms with E-state index in [1.807, 2.05) is 0 Å². The lowest BCUT2D eigenvalue weighted by Gasteiger charge is -2.29. The van der Waals surface area contributed by atoms with E-state index in [9.17, 15) is 9.90 Å². The van der Waals surface area contributed by atoms with Gasteiger partial charge in [0.1, 0.15) is 11.5 Å². The highest BCUT2D eigenvalue weighted by atomic mass is 32.1. The third-order valence-electron chi connectivity index (χ3n) is 6.61. The minimum atomic E-state index is -0.192. The molecule has 1 saturated carbocycles. The number of aromatic amines is 1. The molecule has 2 atom stereocenters. The first-order chi connectivity index (χ1) is 16.4. The first-order valence-corrected chi connectivity index (χ1v) is 13.3. The summed E-state index contributed by atoms with van der Waals surface area (Å²) in [5.74, 6) is 2.76. The Morgan fingerprint density at radius 2 is 2.06 bits per heavy atom. The standard InChI is InChI=1S/C27H36N2O4S/c1-4-23-22(28-26(33-23)20-11-8-19(9-12-20)14-17(2)3)16-32-21-7-5-6-18(15-21)10-13-24-25(30)29-27(31)34-24/h8-9,11-12,17-18,21,30H,4-7,10,13-16H2,1-3H3,(H,29,31)/t18-,21-/m0/s1. The predicted octanol–water partition coefficient (Wildman–Crippen LogP) is 6.27. The minimum absolute atomic E-state index is 0.0297. The minimum Gasteiger partial charge on any atom is -0.494 e. The fraction of sp³-hybridized carbons (Fsp3) is 0.556. The van der Waals surface area contributed by atoms with Crippen LogP contribution in [-0.2, 0) is 30.6 Å². The molecule has 2 heterocycles. The van der Waals surface area contributed by atoms with Gasteiger partial charge in [0.05, 0.1) is 17.6 Å². The van der Waals surface area contributed by atoms with Crippen LogP contribution in [0.2, 0.25) is 0 Å². The number of aryl methyl sites for hydroxylation is 2. The maximum absolute atomic E-state index is 11.4. The number of oxazole rings is 1. The molecule has 1 aliphatic rings. The lowest BCUT2D eigenvalue weighted by atomic mass is 9.84. The largest absolute Gasteiger partial charge is 0.494 e. The highest BCUT2D eigenvalue weighted by molar-refractivity contribution is 7.09. The lowest BCUT2D eigenvalue weighted by molar-refractivity contribution is -0.000589. The summed E-state index contributed by atoms with van der Waals surface area (Å²) >= 11 is 1.11. The average Bonchev–Trinajstić information content (AvgIpc) is 3.38. The number of nitrogens with zero attached hydrogens (tertiary/aromatic N) is 1. The predicted molar refractivity (Wildman–Crippen MR) is 135 cm³/mol. The molecule has 1 fully saturated rings. The van der Waals surface area contributed by atoms with Crippen molar-refractivity contribution in [3.8, 4) is 17.3 Å². The van der Waals surface area contributed by atoms with Gasteiger partial charge in [-0.25, -0.2) is 4.98 Å². The third-order valence-corrected chi connectivity index (χ3v) is 7.55. The van der Waals surface area contributed by atoms with Crippen molar-refractivity contribution in [3.63, 3.8) is 0 Å². The molecule has 6 nitrogen and oxygen atoms in total. The van der Waals surface area contributed by atoms with Gasteiger partial charge in [-0.05, 0) is 61.6 Å². The summed E-state index contributed by atoms with van der Waals surface area (Å²) in [5, 5.41) is 9.82. The van der Waals surface area contributed by atoms with Crippen LogP contribution in [-0.4, -0.2) is 21.2 Å². The zero-order chi connectivity index (χ0) is 24.1. The number of rotatable bonds is 10. The van der Waals surface area contributed by atoms with Crippen LogP contribution < -0.4 is 4.87 Å². The number of H-pyrrole nitrogens is 1. The highest BCUT2D eigenvalue weighted by Gasteiger charge is 2.24. The number of nitrogens with one attached hydrogen (secondary N) is 1. The van der Waals surface area contributed by atoms with E-state index in [4.69, 9.17) is 14.1 Å². The zero-order valence-corrected chi connectivity index (χ0v) is 21.2. The maximum Gasteiger partial charge on any atom is 0.307 e. The van der Waals surface area contributed by atoms with Crippen LogP contribution in [0.5, 0.6) is 5.88 Å². The molecule has 0 saturated heterocycles. The van der Waals surface area contributed by atoms with Crippen molar-refractivity contribution in [1.29, 1.82) is 0 Å². The van der Waals surface area contributed by atoms with Crippen LogP contribution in [0.4, 0.5) is 0 Å². The van der Waals surface area contributed by atoms with Crippen LogP contribution in [0, 0.1) is 11.8 Å². The second-order valence-corrected chi connectivity index (χ2v) is 10.9. The molecule has 0 amide bonds. The number of aromatic hydroxyl groups is 1. The van der Waals surface area contributed by atoms with Crippen molar-refractivity contribution >= 4 is 11.3 Å². The van der Waals surface area contributed by atoms with Crippen molar-refractivity contribution < 1.29 is 14.3 Å². The van der Waals surface area contributed by atoms with Gasteiger partial charge in [-0.3, -0.25) is 9.78 Å². The monoisotopic (exact) mass is 484 g/mol. The van der Waals surface area contributed by atoms with E-state index in [0.29, 0.717) is 24.3 Å². The number of hydrogen-bond donors (Lipinski definition) is 2. The molecular formula is C27H36N2O4S. The Morgan fingerprint density at radius 1 is 1.26 bits per heavy atom. The first kappa shape index (κ1) is 24.7. The van der Waals surface area contributed by atoms with Crippen LogP contribution in [0.25, 0.3) is 11.5 Å². The first-order valence-electron chi connectivity index (χ1n) is 12.5. The number of ether oxygens (including phenoxy) is 1. The molecule has 2 N–H and O–H groups in total. The van der Waals surface area contributed by atoms with E-state index in [1.165, 1.54) is 12.0 Å². The van der Waals surface area contributed by atoms with Gasteiger partial charge < -0.3 is 14.3 Å². The van der Waals surface area contributed by atoms with Crippen molar-refractivity contribution in [1.82, 2.24) is 9.97 Å². The Hall–Kier alpha value is -2.38. The molecule has 1 aromatic carbocycles. The van der Waals surface area contributed by atoms with Crippen molar-refractivity contribution in [2.24, 2.45) is 11.8 Å². The van der Waals surface area contributed by atoms with Crippen LogP contribution in [0.15, 0.2) is 33.5 Å². The Kier molecular flexibility index (Phi) is 8.27. The van der Waals surface area contributed by atoms with Gasteiger partial charge in [-0.15, -0.1) is 0 Å². The summed E-state index contributed by atoms with van der Waals surface area (Å²) in [6.07, 6.45) is 8.12. The second kappa shape index (κ2) is 11.4. The summed E-state index contributed by atoms with van der Waals surface area (Å²) in [5.41, 5.74) is 3.23. The number of benzene rings is 1. The molecular weight excluding hydrogens is 448 g/mol. The number of hydrogen-bond acceptors (Lipinski definition) is 6. The van der Waals surface area contributed by atoms with E-state index >= 15 is 0 Å². The van der Waals surface area contributed by atoms with Crippen LogP contribution in [0.3, 0.4) is 0 Å². The van der Waals surface area contributed by atoms with Crippen molar-refractivity contribution in [2.75, 3.05) is 0 Å². The SMILES string of the molecule is CCc1oc(-c2ccc(CC(C)C)cc2)nc1CO[C@H]1CCC[C@@H](CCc2sc(=O)[nH]c2O)C1. The maximum atomic E-state index is 11.4. The molecule has 4 rings (SSSR count). The van der Waals surface area contributed by atoms with E-state index in [1.54, 1.807) is 0 Å². The summed E-state index contributed by atoms with van der Waals surface area (Å²) in [6, 6.07) is 8.52. The molecule has 0 unspecified atom stereocenters. The van der Waals surface area contributed by atoms with E-state index in [0.717, 1.165) is 78.2 Å². The highest BCUT2D eigenvalue weighted by Crippen LogP contribution is 2.32. The third kappa shape index (κ3) is 6.39. The number of thiazole rings is 1. The lowest BCUT2D eigenvalue weighted by Crippen LogP contribution is -2.23. The molecule has 7 heteroatoms. The molecule has 34 heavy (non-hydrogen) atoms. The Labute approximate surface area is 205 Å². The summed E-state index contributed by atoms with van der Waals surface area (Å²) in [7, 11) is 0. The normalized spacial score (nSPS) is 18.6. The van der Waals surface area contributed by atoms with Gasteiger partial charge in [0, 0.05) is 12.0 Å². The molecule has 184 valence electrons. The van der Waals surface area contributed by atoms with Gasteiger partial charge in [0.25, 0.3) is 0 Å². The molecule has 0 radical (unpaired) electrons. The molecule has 2 aromatic heterocycles. The van der Waals surface area contributed by atoms with Crippen molar-refractivity contribution in [2.45, 2.75) is 84.8 Å². The molecule has 0 spiro atoms. The molecule has 0 aliphatic heterocycles. The van der Waals surface area contributed by atoms with Gasteiger partial charge >= 0.3 is 4.87 Å². The van der Waals surface area contributed by atoms with Crippen molar-refractivity contribution in [3.05, 3.63) is 55.8 Å². The van der Waals surface area contributed by atoms with Gasteiger partial charge in [0.2, 0.25) is 11.8 Å². The average molecular weight is 485 g/mol. The molecule has 0 bridgehead atoms. The summed E-state index contributed by atoms with van der Waals surface area (Å²) < 4.78 is 12.4. The number of aromatic nitrogens is 2. The second-order valence-electron chi connectivity index (χ2n) is 9.83. The fourth-order valence-corrected chi connectivity index (χ4v) is 5.60. The van der Waals surface area contributed by atoms with Gasteiger partial charge in [-0.2, -0.15) is 0 Å². The quantitative estimate of drug-likeness (QED) is 0.354. The van der Waals surface area contributed by atoms with Gasteiger partial charge in [-0.1, -0.05) is 57.1 Å². The topological polar surface area (TPSA) is 88.4 Å². The summed E-state index contributed by atoms with van der Waals surface area (Å²) in [6.45, 7) is 7.01.